The molecule has 7 heteroatoms. The van der Waals surface area contributed by atoms with Gasteiger partial charge < -0.3 is 20.5 Å². The average molecular weight is 266 g/mol. The van der Waals surface area contributed by atoms with Crippen LogP contribution in [0.15, 0.2) is 23.2 Å². The lowest BCUT2D eigenvalue weighted by atomic mass is 10.2. The number of rotatable bonds is 6. The van der Waals surface area contributed by atoms with E-state index in [1.807, 2.05) is 0 Å². The highest BCUT2D eigenvalue weighted by molar-refractivity contribution is 5.94. The second-order valence-electron chi connectivity index (χ2n) is 4.20. The molecule has 19 heavy (non-hydrogen) atoms. The van der Waals surface area contributed by atoms with E-state index in [2.05, 4.69) is 17.1 Å². The van der Waals surface area contributed by atoms with Crippen molar-refractivity contribution in [2.75, 3.05) is 18.9 Å². The van der Waals surface area contributed by atoms with Crippen molar-refractivity contribution in [3.05, 3.63) is 24.5 Å². The molecule has 1 aromatic heterocycles. The topological polar surface area (TPSA) is 101 Å². The van der Waals surface area contributed by atoms with Crippen LogP contribution in [-0.4, -0.2) is 41.5 Å². The highest BCUT2D eigenvalue weighted by atomic mass is 16.5. The maximum Gasteiger partial charge on any atom is 0.245 e. The molecule has 0 fully saturated rings. The van der Waals surface area contributed by atoms with Crippen molar-refractivity contribution < 1.29 is 14.1 Å². The van der Waals surface area contributed by atoms with Crippen LogP contribution in [0.4, 0.5) is 5.82 Å². The second kappa shape index (κ2) is 6.69. The molecule has 0 saturated carbocycles. The van der Waals surface area contributed by atoms with Gasteiger partial charge in [-0.05, 0) is 13.3 Å². The molecule has 104 valence electrons. The van der Waals surface area contributed by atoms with Crippen molar-refractivity contribution in [1.29, 1.82) is 0 Å². The molecule has 1 rings (SSSR count). The lowest BCUT2D eigenvalue weighted by molar-refractivity contribution is -0.134. The first-order chi connectivity index (χ1) is 8.93. The van der Waals surface area contributed by atoms with Crippen LogP contribution in [0.2, 0.25) is 0 Å². The molecule has 1 atom stereocenters. The van der Waals surface area contributed by atoms with Crippen LogP contribution in [0.25, 0.3) is 0 Å². The summed E-state index contributed by atoms with van der Waals surface area (Å²) in [6.45, 7) is 5.13. The Morgan fingerprint density at radius 1 is 1.68 bits per heavy atom. The zero-order chi connectivity index (χ0) is 14.4. The Labute approximate surface area is 111 Å². The van der Waals surface area contributed by atoms with E-state index in [-0.39, 0.29) is 18.4 Å². The van der Waals surface area contributed by atoms with E-state index in [1.165, 1.54) is 11.9 Å². The first-order valence-corrected chi connectivity index (χ1v) is 5.78. The first-order valence-electron chi connectivity index (χ1n) is 5.78. The number of nitrogens with one attached hydrogen (secondary N) is 1. The van der Waals surface area contributed by atoms with Crippen molar-refractivity contribution in [3.8, 4) is 0 Å². The number of anilines is 1. The van der Waals surface area contributed by atoms with Gasteiger partial charge >= 0.3 is 0 Å². The van der Waals surface area contributed by atoms with E-state index < -0.39 is 6.04 Å². The van der Waals surface area contributed by atoms with Crippen molar-refractivity contribution in [2.24, 2.45) is 5.73 Å². The first kappa shape index (κ1) is 14.9. The maximum absolute atomic E-state index is 11.8. The van der Waals surface area contributed by atoms with E-state index in [0.29, 0.717) is 18.0 Å². The average Bonchev–Trinajstić information content (AvgIpc) is 2.73. The third kappa shape index (κ3) is 4.55. The fourth-order valence-electron chi connectivity index (χ4n) is 1.46. The predicted molar refractivity (Wildman–Crippen MR) is 70.3 cm³/mol. The largest absolute Gasteiger partial charge is 0.360 e. The SMILES string of the molecule is C=CCC(N)C(=O)N(C)CC(=O)Nc1cc(C)on1. The summed E-state index contributed by atoms with van der Waals surface area (Å²) in [6, 6.07) is 0.910. The van der Waals surface area contributed by atoms with Gasteiger partial charge in [0.1, 0.15) is 5.76 Å². The molecule has 0 aromatic carbocycles. The van der Waals surface area contributed by atoms with Crippen LogP contribution in [0.5, 0.6) is 0 Å². The number of nitrogens with two attached hydrogens (primary N) is 1. The van der Waals surface area contributed by atoms with Gasteiger partial charge in [-0.3, -0.25) is 9.59 Å². The molecule has 0 saturated heterocycles. The molecule has 0 radical (unpaired) electrons. The number of carbonyl (C=O) groups excluding carboxylic acids is 2. The van der Waals surface area contributed by atoms with Crippen LogP contribution < -0.4 is 11.1 Å². The van der Waals surface area contributed by atoms with Crippen LogP contribution in [0.3, 0.4) is 0 Å². The Balaban J connectivity index is 2.47. The number of aryl methyl sites for hydroxylation is 1. The Bertz CT molecular complexity index is 469. The summed E-state index contributed by atoms with van der Waals surface area (Å²) >= 11 is 0. The van der Waals surface area contributed by atoms with Gasteiger partial charge in [-0.25, -0.2) is 0 Å². The molecule has 1 aromatic rings. The van der Waals surface area contributed by atoms with E-state index in [4.69, 9.17) is 10.3 Å². The Morgan fingerprint density at radius 2 is 2.37 bits per heavy atom. The van der Waals surface area contributed by atoms with Crippen LogP contribution in [-0.2, 0) is 9.59 Å². The van der Waals surface area contributed by atoms with Crippen molar-refractivity contribution in [3.63, 3.8) is 0 Å². The van der Waals surface area contributed by atoms with Gasteiger partial charge in [0, 0.05) is 13.1 Å². The van der Waals surface area contributed by atoms with Gasteiger partial charge in [0.05, 0.1) is 12.6 Å². The molecular formula is C12H18N4O3. The molecular weight excluding hydrogens is 248 g/mol. The number of carbonyl (C=O) groups is 2. The molecule has 7 nitrogen and oxygen atoms in total. The van der Waals surface area contributed by atoms with Crippen LogP contribution in [0, 0.1) is 6.92 Å². The number of aromatic nitrogens is 1. The summed E-state index contributed by atoms with van der Waals surface area (Å²) in [4.78, 5) is 24.7. The summed E-state index contributed by atoms with van der Waals surface area (Å²) in [5, 5.41) is 6.14. The van der Waals surface area contributed by atoms with Crippen molar-refractivity contribution >= 4 is 17.6 Å². The summed E-state index contributed by atoms with van der Waals surface area (Å²) in [5.74, 6) is 0.229. The molecule has 0 bridgehead atoms. The molecule has 3 N–H and O–H groups in total. The second-order valence-corrected chi connectivity index (χ2v) is 4.20. The molecule has 0 spiro atoms. The number of hydrogen-bond acceptors (Lipinski definition) is 5. The minimum absolute atomic E-state index is 0.102. The highest BCUT2D eigenvalue weighted by Crippen LogP contribution is 2.06. The van der Waals surface area contributed by atoms with E-state index in [0.717, 1.165) is 0 Å². The minimum Gasteiger partial charge on any atom is -0.360 e. The Hall–Kier alpha value is -2.15. The molecule has 1 heterocycles. The van der Waals surface area contributed by atoms with Crippen molar-refractivity contribution in [2.45, 2.75) is 19.4 Å². The summed E-state index contributed by atoms with van der Waals surface area (Å²) < 4.78 is 4.81. The van der Waals surface area contributed by atoms with Crippen LogP contribution >= 0.6 is 0 Å². The monoisotopic (exact) mass is 266 g/mol. The van der Waals surface area contributed by atoms with E-state index in [1.54, 1.807) is 19.1 Å². The fraction of sp³-hybridized carbons (Fsp3) is 0.417. The third-order valence-electron chi connectivity index (χ3n) is 2.39. The Morgan fingerprint density at radius 3 is 2.89 bits per heavy atom. The molecule has 1 unspecified atom stereocenters. The van der Waals surface area contributed by atoms with Gasteiger partial charge in [0.15, 0.2) is 5.82 Å². The molecule has 0 aliphatic rings. The zero-order valence-corrected chi connectivity index (χ0v) is 11.0. The quantitative estimate of drug-likeness (QED) is 0.720. The van der Waals surface area contributed by atoms with E-state index in [9.17, 15) is 9.59 Å². The standard InChI is InChI=1S/C12H18N4O3/c1-4-5-9(13)12(18)16(3)7-11(17)14-10-6-8(2)19-15-10/h4,6,9H,1,5,7,13H2,2-3H3,(H,14,15,17). The number of likely N-dealkylation sites (N-methyl/N-ethyl adjacent to an activating group) is 1. The lowest BCUT2D eigenvalue weighted by Gasteiger charge is -2.19. The minimum atomic E-state index is -0.676. The molecule has 0 aliphatic heterocycles. The van der Waals surface area contributed by atoms with E-state index >= 15 is 0 Å². The van der Waals surface area contributed by atoms with Gasteiger partial charge in [0.25, 0.3) is 0 Å². The van der Waals surface area contributed by atoms with Gasteiger partial charge in [-0.1, -0.05) is 11.2 Å². The lowest BCUT2D eigenvalue weighted by Crippen LogP contribution is -2.44. The summed E-state index contributed by atoms with van der Waals surface area (Å²) in [6.07, 6.45) is 1.93. The summed E-state index contributed by atoms with van der Waals surface area (Å²) in [5.41, 5.74) is 5.64. The molecule has 2 amide bonds. The van der Waals surface area contributed by atoms with Crippen LogP contribution in [0.1, 0.15) is 12.2 Å². The third-order valence-corrected chi connectivity index (χ3v) is 2.39. The predicted octanol–water partition coefficient (Wildman–Crippen LogP) is 0.283. The zero-order valence-electron chi connectivity index (χ0n) is 11.0. The van der Waals surface area contributed by atoms with Gasteiger partial charge in [-0.2, -0.15) is 0 Å². The number of hydrogen-bond donors (Lipinski definition) is 2. The van der Waals surface area contributed by atoms with Crippen molar-refractivity contribution in [1.82, 2.24) is 10.1 Å². The number of nitrogens with zero attached hydrogens (tertiary/aromatic N) is 2. The molecule has 0 aliphatic carbocycles. The highest BCUT2D eigenvalue weighted by Gasteiger charge is 2.19. The maximum atomic E-state index is 11.8. The van der Waals surface area contributed by atoms with Gasteiger partial charge in [-0.15, -0.1) is 6.58 Å². The Kier molecular flexibility index (Phi) is 5.25. The normalized spacial score (nSPS) is 11.7. The summed E-state index contributed by atoms with van der Waals surface area (Å²) in [7, 11) is 1.51. The van der Waals surface area contributed by atoms with Gasteiger partial charge in [0.2, 0.25) is 11.8 Å². The number of amides is 2. The smallest absolute Gasteiger partial charge is 0.245 e. The fourth-order valence-corrected chi connectivity index (χ4v) is 1.46.